The van der Waals surface area contributed by atoms with Crippen molar-refractivity contribution in [2.24, 2.45) is 0 Å². The zero-order valence-corrected chi connectivity index (χ0v) is 76.9. The number of aryl methyl sites for hydroxylation is 2. The van der Waals surface area contributed by atoms with E-state index in [0.717, 1.165) is 19.1 Å². The van der Waals surface area contributed by atoms with Crippen LogP contribution in [0.4, 0.5) is 26.3 Å². The van der Waals surface area contributed by atoms with E-state index in [1.807, 2.05) is 40.7 Å². The van der Waals surface area contributed by atoms with E-state index in [1.165, 1.54) is 149 Å². The number of halogens is 7. The second-order valence-corrected chi connectivity index (χ2v) is 43.5. The first kappa shape index (κ1) is 93.5. The molecule has 0 saturated heterocycles. The van der Waals surface area contributed by atoms with Crippen LogP contribution in [-0.4, -0.2) is 157 Å². The summed E-state index contributed by atoms with van der Waals surface area (Å²) in [5.74, 6) is -0.858. The Labute approximate surface area is 748 Å². The first-order valence-electron chi connectivity index (χ1n) is 39.2. The molecule has 0 bridgehead atoms. The molecule has 0 saturated carbocycles. The molecule has 674 valence electrons. The number of fused-ring (bicyclic) bond motifs is 6. The molecule has 9 heterocycles. The van der Waals surface area contributed by atoms with Crippen molar-refractivity contribution in [2.75, 3.05) is 21.1 Å². The summed E-state index contributed by atoms with van der Waals surface area (Å²) in [6.07, 6.45) is -2.57. The molecule has 0 unspecified atom stereocenters. The molecule has 14 aromatic rings. The van der Waals surface area contributed by atoms with E-state index in [-0.39, 0.29) is 92.4 Å². The van der Waals surface area contributed by atoms with E-state index < -0.39 is 92.7 Å². The topological polar surface area (TPSA) is 341 Å². The largest absolute Gasteiger partial charge is 0.586 e. The van der Waals surface area contributed by atoms with Crippen LogP contribution >= 0.6 is 15.9 Å². The lowest BCUT2D eigenvalue weighted by Gasteiger charge is -2.31. The minimum atomic E-state index is -4.18. The Hall–Kier alpha value is -11.7. The van der Waals surface area contributed by atoms with Crippen LogP contribution < -0.4 is 33.9 Å². The van der Waals surface area contributed by atoms with Crippen LogP contribution in [0.3, 0.4) is 0 Å². The van der Waals surface area contributed by atoms with Crippen molar-refractivity contribution in [3.05, 3.63) is 247 Å². The third-order valence-corrected chi connectivity index (χ3v) is 31.5. The summed E-state index contributed by atoms with van der Waals surface area (Å²) in [7, 11) is -16.5. The van der Waals surface area contributed by atoms with Gasteiger partial charge in [0.15, 0.2) is 45.8 Å². The van der Waals surface area contributed by atoms with Gasteiger partial charge in [-0.2, -0.15) is 12.9 Å². The Morgan fingerprint density at radius 2 is 0.729 bits per heavy atom. The van der Waals surface area contributed by atoms with Crippen LogP contribution in [0.15, 0.2) is 260 Å². The van der Waals surface area contributed by atoms with E-state index >= 15 is 0 Å². The number of hydrogen-bond donors (Lipinski definition) is 3. The van der Waals surface area contributed by atoms with Gasteiger partial charge < -0.3 is 43.5 Å². The number of pyridine rings is 3. The summed E-state index contributed by atoms with van der Waals surface area (Å²) in [6.45, 7) is 19.9. The summed E-state index contributed by atoms with van der Waals surface area (Å²) in [4.78, 5) is 16.6. The highest BCUT2D eigenvalue weighted by Crippen LogP contribution is 2.53. The van der Waals surface area contributed by atoms with Gasteiger partial charge in [-0.05, 0) is 206 Å². The summed E-state index contributed by atoms with van der Waals surface area (Å²) < 4.78 is 250. The molecule has 0 spiro atoms. The van der Waals surface area contributed by atoms with Gasteiger partial charge in [-0.15, -0.1) is 26.3 Å². The molecular formula is C89H83BBrF6N9O18S5. The minimum Gasteiger partial charge on any atom is -0.423 e. The van der Waals surface area contributed by atoms with Crippen molar-refractivity contribution in [2.45, 2.75) is 136 Å². The van der Waals surface area contributed by atoms with E-state index in [0.29, 0.717) is 65.2 Å². The molecule has 40 heteroatoms. The predicted molar refractivity (Wildman–Crippen MR) is 477 cm³/mol. The van der Waals surface area contributed by atoms with Gasteiger partial charge in [-0.1, -0.05) is 108 Å². The lowest BCUT2D eigenvalue weighted by atomic mass is 9.80. The number of aromatic amines is 1. The fraction of sp³-hybridized carbons (Fsp3) is 0.225. The normalized spacial score (nSPS) is 14.6. The van der Waals surface area contributed by atoms with E-state index in [9.17, 15) is 68.4 Å². The van der Waals surface area contributed by atoms with Crippen molar-refractivity contribution >= 4 is 112 Å². The summed E-state index contributed by atoms with van der Waals surface area (Å²) in [5.41, 5.74) is 5.20. The molecule has 3 N–H and O–H groups in total. The number of sulfonamides is 3. The summed E-state index contributed by atoms with van der Waals surface area (Å²) in [6, 6.07) is 49.9. The maximum Gasteiger partial charge on any atom is 0.586 e. The number of H-pyrrole nitrogens is 1. The lowest BCUT2D eigenvalue weighted by molar-refractivity contribution is -0.287. The van der Waals surface area contributed by atoms with Gasteiger partial charge in [-0.25, -0.2) is 65.0 Å². The van der Waals surface area contributed by atoms with E-state index in [1.54, 1.807) is 152 Å². The number of ether oxygens (including phenoxy) is 6. The number of nitrogens with zero attached hydrogens (tertiary/aromatic N) is 8. The smallest absolute Gasteiger partial charge is 0.423 e. The second kappa shape index (κ2) is 34.0. The van der Waals surface area contributed by atoms with Crippen LogP contribution in [0.25, 0.3) is 88.7 Å². The third kappa shape index (κ3) is 18.8. The Bertz CT molecular complexity index is 7380. The molecule has 0 atom stereocenters. The maximum absolute atomic E-state index is 14.1. The van der Waals surface area contributed by atoms with Crippen molar-refractivity contribution < 1.29 is 107 Å². The van der Waals surface area contributed by atoms with Crippen molar-refractivity contribution in [1.29, 1.82) is 0 Å². The summed E-state index contributed by atoms with van der Waals surface area (Å²) in [5, 5.41) is 19.5. The highest BCUT2D eigenvalue weighted by Gasteiger charge is 2.48. The fourth-order valence-electron chi connectivity index (χ4n) is 13.7. The number of alkyl halides is 6. The summed E-state index contributed by atoms with van der Waals surface area (Å²) >= 11 is 3.34. The fourth-order valence-corrected chi connectivity index (χ4v) is 21.4. The van der Waals surface area contributed by atoms with Gasteiger partial charge >= 0.3 is 26.0 Å². The molecule has 6 aromatic heterocycles. The third-order valence-electron chi connectivity index (χ3n) is 21.3. The monoisotopic (exact) mass is 1930 g/mol. The number of nitrogens with one attached hydrogen (secondary N) is 1. The van der Waals surface area contributed by atoms with Gasteiger partial charge in [0, 0.05) is 140 Å². The van der Waals surface area contributed by atoms with Crippen LogP contribution in [0.2, 0.25) is 0 Å². The SMILES string of the molecule is CN(C(C)(C)C)S(=O)(=O)c1cccc(-c2cnc3[nH]cc(-c4cccc5c4OC(F)(F)O5)c3c2)c1.CN(C(C)(C)C)S(=O)(=O)c1cccc(B(O)O)c1.Cc1ccc(S(=O)(=O)n2cc(-c3cccc4c3OC(F)(F)O4)c3cc(-c4cccc(S(=O)(=O)N(C)C(C)(C)C)c4)cnc32)cc1.Cc1ccc(S(=O)(=O)n2cc(-c3cccc4c3OC(F)(F)O4)c3cc(Br)cnc32)cc1. The first-order chi connectivity index (χ1) is 60.1. The van der Waals surface area contributed by atoms with E-state index in [2.05, 4.69) is 50.1 Å². The van der Waals surface area contributed by atoms with Gasteiger partial charge in [-0.3, -0.25) is 0 Å². The highest BCUT2D eigenvalue weighted by molar-refractivity contribution is 9.10. The molecule has 129 heavy (non-hydrogen) atoms. The molecule has 0 fully saturated rings. The van der Waals surface area contributed by atoms with Crippen LogP contribution in [0.5, 0.6) is 34.5 Å². The number of para-hydroxylation sites is 3. The van der Waals surface area contributed by atoms with Crippen LogP contribution in [0.1, 0.15) is 73.4 Å². The second-order valence-electron chi connectivity index (χ2n) is 33.1. The number of hydrogen-bond acceptors (Lipinski definition) is 21. The first-order valence-corrected chi connectivity index (χ1v) is 47.2. The molecule has 0 aliphatic carbocycles. The van der Waals surface area contributed by atoms with Gasteiger partial charge in [0.05, 0.1) is 24.5 Å². The predicted octanol–water partition coefficient (Wildman–Crippen LogP) is 17.4. The lowest BCUT2D eigenvalue weighted by Crippen LogP contribution is -2.42. The van der Waals surface area contributed by atoms with Crippen molar-refractivity contribution in [1.82, 2.24) is 40.8 Å². The maximum atomic E-state index is 14.1. The number of aromatic nitrogens is 6. The Kier molecular flexibility index (Phi) is 24.6. The molecule has 0 amide bonds. The standard InChI is InChI=1S/C32H29F2N3O6S2.C25H23F2N3O4S.C21H13BrF2N2O4S.C11H18BNO4S/c1-20-12-14-23(15-13-20)45(40,41)37-19-27(25-10-7-11-28-29(25)43-32(33,34)42-28)26-17-22(18-35-30(26)37)21-8-6-9-24(16-21)44(38,39)36(5)31(2,3)4;1-24(2,3)30(4)35(31,32)17-8-5-7-15(11-17)16-12-19-20(14-29-23(19)28-13-16)18-9-6-10-21-22(18)34-25(26,27)33-21;1-12-5-7-14(8-6-12)31(27,28)26-11-17(16-9-13(22)10-25-20(16)26)15-3-2-4-18-19(15)30-21(23,24)29-18;1-11(2,3)13(4)18(16,17)10-7-5-6-9(8-10)12(14)15/h6-19H,1-5H3;5-14H,1-4H3,(H,28,29);2-11H,1H3;5-8,14-15H,1-4H3. The van der Waals surface area contributed by atoms with Crippen LogP contribution in [-0.2, 0) is 50.1 Å². The average molecular weight is 1930 g/mol. The van der Waals surface area contributed by atoms with Crippen molar-refractivity contribution in [3.8, 4) is 90.1 Å². The van der Waals surface area contributed by atoms with E-state index in [4.69, 9.17) is 24.3 Å². The van der Waals surface area contributed by atoms with Crippen molar-refractivity contribution in [3.63, 3.8) is 0 Å². The quantitative estimate of drug-likeness (QED) is 0.0597. The molecule has 27 nitrogen and oxygen atoms in total. The highest BCUT2D eigenvalue weighted by atomic mass is 79.9. The molecule has 0 radical (unpaired) electrons. The molecule has 3 aliphatic rings. The van der Waals surface area contributed by atoms with Gasteiger partial charge in [0.2, 0.25) is 30.1 Å². The Morgan fingerprint density at radius 1 is 0.388 bits per heavy atom. The zero-order valence-electron chi connectivity index (χ0n) is 71.2. The Morgan fingerprint density at radius 3 is 1.12 bits per heavy atom. The van der Waals surface area contributed by atoms with Crippen LogP contribution in [0, 0.1) is 13.8 Å². The number of rotatable bonds is 16. The average Bonchev–Trinajstić information content (AvgIpc) is 1.59. The Balaban J connectivity index is 0.000000145. The van der Waals surface area contributed by atoms with Gasteiger partial charge in [0.25, 0.3) is 20.0 Å². The molecule has 3 aliphatic heterocycles. The molecular weight excluding hydrogens is 1850 g/mol. The minimum absolute atomic E-state index is 0.00714. The molecule has 8 aromatic carbocycles. The van der Waals surface area contributed by atoms with Gasteiger partial charge in [0.1, 0.15) is 5.65 Å². The number of benzene rings is 8. The zero-order chi connectivity index (χ0) is 93.8. The molecule has 17 rings (SSSR count).